The lowest BCUT2D eigenvalue weighted by atomic mass is 10.1. The molecule has 0 aromatic rings. The highest BCUT2D eigenvalue weighted by Crippen LogP contribution is 2.05. The highest BCUT2D eigenvalue weighted by molar-refractivity contribution is 5.81. The molecule has 0 rings (SSSR count). The van der Waals surface area contributed by atoms with Crippen LogP contribution in [0.1, 0.15) is 59.3 Å². The maximum absolute atomic E-state index is 12.5. The van der Waals surface area contributed by atoms with Crippen LogP contribution in [0, 0.1) is 0 Å². The fraction of sp³-hybridized carbons (Fsp3) is 0.933. The summed E-state index contributed by atoms with van der Waals surface area (Å²) in [5, 5.41) is 12.4. The second kappa shape index (κ2) is 12.4. The molecular weight excluding hydrogens is 240 g/mol. The van der Waals surface area contributed by atoms with Gasteiger partial charge in [0.15, 0.2) is 0 Å². The number of aliphatic hydroxyl groups excluding tert-OH is 1. The number of carbonyl (C=O) groups is 1. The van der Waals surface area contributed by atoms with Gasteiger partial charge in [0.1, 0.15) is 0 Å². The number of hydrogen-bond acceptors (Lipinski definition) is 3. The Morgan fingerprint density at radius 3 is 2.11 bits per heavy atom. The van der Waals surface area contributed by atoms with E-state index in [1.54, 1.807) is 0 Å². The maximum atomic E-state index is 12.5. The minimum atomic E-state index is -0.223. The van der Waals surface area contributed by atoms with Gasteiger partial charge in [-0.3, -0.25) is 4.79 Å². The monoisotopic (exact) mass is 272 g/mol. The SMILES string of the molecule is CCCCN(CCCC)C(=O)[C@H](CCO)NCCC. The van der Waals surface area contributed by atoms with Gasteiger partial charge in [0, 0.05) is 19.7 Å². The summed E-state index contributed by atoms with van der Waals surface area (Å²) in [6.45, 7) is 8.93. The number of hydrogen-bond donors (Lipinski definition) is 2. The van der Waals surface area contributed by atoms with Gasteiger partial charge in [-0.15, -0.1) is 0 Å². The van der Waals surface area contributed by atoms with Crippen molar-refractivity contribution in [2.75, 3.05) is 26.2 Å². The van der Waals surface area contributed by atoms with E-state index in [-0.39, 0.29) is 18.6 Å². The quantitative estimate of drug-likeness (QED) is 0.572. The van der Waals surface area contributed by atoms with Crippen LogP contribution in [0.2, 0.25) is 0 Å². The second-order valence-corrected chi connectivity index (χ2v) is 5.05. The van der Waals surface area contributed by atoms with Crippen molar-refractivity contribution in [3.05, 3.63) is 0 Å². The van der Waals surface area contributed by atoms with E-state index in [1.807, 2.05) is 4.90 Å². The van der Waals surface area contributed by atoms with E-state index in [2.05, 4.69) is 26.1 Å². The number of carbonyl (C=O) groups excluding carboxylic acids is 1. The fourth-order valence-corrected chi connectivity index (χ4v) is 2.01. The molecule has 0 aliphatic carbocycles. The summed E-state index contributed by atoms with van der Waals surface area (Å²) in [5.74, 6) is 0.157. The zero-order chi connectivity index (χ0) is 14.5. The summed E-state index contributed by atoms with van der Waals surface area (Å²) in [6.07, 6.45) is 5.81. The Bertz CT molecular complexity index is 214. The largest absolute Gasteiger partial charge is 0.396 e. The van der Waals surface area contributed by atoms with Gasteiger partial charge in [-0.2, -0.15) is 0 Å². The Hall–Kier alpha value is -0.610. The molecule has 0 saturated carbocycles. The summed E-state index contributed by atoms with van der Waals surface area (Å²) in [4.78, 5) is 14.5. The van der Waals surface area contributed by atoms with Gasteiger partial charge in [-0.25, -0.2) is 0 Å². The van der Waals surface area contributed by atoms with Gasteiger partial charge in [-0.1, -0.05) is 33.6 Å². The third-order valence-electron chi connectivity index (χ3n) is 3.23. The van der Waals surface area contributed by atoms with Crippen molar-refractivity contribution >= 4 is 5.91 Å². The number of nitrogens with zero attached hydrogens (tertiary/aromatic N) is 1. The van der Waals surface area contributed by atoms with Gasteiger partial charge >= 0.3 is 0 Å². The summed E-state index contributed by atoms with van der Waals surface area (Å²) < 4.78 is 0. The molecule has 0 aliphatic rings. The van der Waals surface area contributed by atoms with Gasteiger partial charge in [0.25, 0.3) is 0 Å². The molecule has 0 unspecified atom stereocenters. The van der Waals surface area contributed by atoms with Gasteiger partial charge in [0.2, 0.25) is 5.91 Å². The zero-order valence-electron chi connectivity index (χ0n) is 13.0. The van der Waals surface area contributed by atoms with Crippen LogP contribution in [0.3, 0.4) is 0 Å². The molecule has 1 atom stereocenters. The third-order valence-corrected chi connectivity index (χ3v) is 3.23. The molecule has 0 spiro atoms. The molecule has 114 valence electrons. The van der Waals surface area contributed by atoms with Crippen molar-refractivity contribution in [2.45, 2.75) is 65.3 Å². The lowest BCUT2D eigenvalue weighted by molar-refractivity contribution is -0.134. The molecule has 0 aromatic carbocycles. The van der Waals surface area contributed by atoms with Crippen molar-refractivity contribution in [1.29, 1.82) is 0 Å². The molecule has 0 heterocycles. The molecule has 0 fully saturated rings. The summed E-state index contributed by atoms with van der Waals surface area (Å²) >= 11 is 0. The molecular formula is C15H32N2O2. The molecule has 0 aromatic heterocycles. The number of amides is 1. The first-order chi connectivity index (χ1) is 9.21. The molecule has 4 heteroatoms. The normalized spacial score (nSPS) is 12.4. The minimum Gasteiger partial charge on any atom is -0.396 e. The smallest absolute Gasteiger partial charge is 0.239 e. The lowest BCUT2D eigenvalue weighted by Gasteiger charge is -2.27. The predicted molar refractivity (Wildman–Crippen MR) is 80.2 cm³/mol. The molecule has 1 amide bonds. The van der Waals surface area contributed by atoms with Crippen molar-refractivity contribution < 1.29 is 9.90 Å². The molecule has 2 N–H and O–H groups in total. The topological polar surface area (TPSA) is 52.6 Å². The van der Waals surface area contributed by atoms with Crippen LogP contribution >= 0.6 is 0 Å². The van der Waals surface area contributed by atoms with E-state index < -0.39 is 0 Å². The van der Waals surface area contributed by atoms with Crippen LogP contribution in [0.15, 0.2) is 0 Å². The van der Waals surface area contributed by atoms with Gasteiger partial charge in [0.05, 0.1) is 6.04 Å². The predicted octanol–water partition coefficient (Wildman–Crippen LogP) is 2.17. The molecule has 0 saturated heterocycles. The number of nitrogens with one attached hydrogen (secondary N) is 1. The fourth-order valence-electron chi connectivity index (χ4n) is 2.01. The van der Waals surface area contributed by atoms with E-state index in [9.17, 15) is 4.79 Å². The number of aliphatic hydroxyl groups is 1. The van der Waals surface area contributed by atoms with Crippen LogP contribution in [-0.4, -0.2) is 48.2 Å². The van der Waals surface area contributed by atoms with Gasteiger partial charge < -0.3 is 15.3 Å². The zero-order valence-corrected chi connectivity index (χ0v) is 13.0. The minimum absolute atomic E-state index is 0.0581. The van der Waals surface area contributed by atoms with E-state index in [4.69, 9.17) is 5.11 Å². The van der Waals surface area contributed by atoms with Crippen molar-refractivity contribution in [2.24, 2.45) is 0 Å². The molecule has 4 nitrogen and oxygen atoms in total. The highest BCUT2D eigenvalue weighted by atomic mass is 16.3. The Labute approximate surface area is 118 Å². The molecule has 0 aliphatic heterocycles. The average molecular weight is 272 g/mol. The maximum Gasteiger partial charge on any atom is 0.239 e. The Morgan fingerprint density at radius 2 is 1.68 bits per heavy atom. The van der Waals surface area contributed by atoms with Crippen molar-refractivity contribution in [3.63, 3.8) is 0 Å². The Morgan fingerprint density at radius 1 is 1.11 bits per heavy atom. The van der Waals surface area contributed by atoms with Crippen LogP contribution < -0.4 is 5.32 Å². The molecule has 19 heavy (non-hydrogen) atoms. The molecule has 0 bridgehead atoms. The van der Waals surface area contributed by atoms with Crippen LogP contribution in [0.25, 0.3) is 0 Å². The van der Waals surface area contributed by atoms with E-state index >= 15 is 0 Å². The molecule has 0 radical (unpaired) electrons. The first-order valence-corrected chi connectivity index (χ1v) is 7.84. The third kappa shape index (κ3) is 8.22. The van der Waals surface area contributed by atoms with E-state index in [1.165, 1.54) is 0 Å². The number of rotatable bonds is 12. The van der Waals surface area contributed by atoms with Crippen molar-refractivity contribution in [1.82, 2.24) is 10.2 Å². The summed E-state index contributed by atoms with van der Waals surface area (Å²) in [5.41, 5.74) is 0. The summed E-state index contributed by atoms with van der Waals surface area (Å²) in [7, 11) is 0. The summed E-state index contributed by atoms with van der Waals surface area (Å²) in [6, 6.07) is -0.223. The Balaban J connectivity index is 4.48. The lowest BCUT2D eigenvalue weighted by Crippen LogP contribution is -2.47. The first kappa shape index (κ1) is 18.4. The van der Waals surface area contributed by atoms with Crippen LogP contribution in [0.5, 0.6) is 0 Å². The standard InChI is InChI=1S/C15H32N2O2/c1-4-7-11-17(12-8-5-2)15(19)14(9-13-18)16-10-6-3/h14,16,18H,4-13H2,1-3H3/t14-/m0/s1. The van der Waals surface area contributed by atoms with E-state index in [0.29, 0.717) is 6.42 Å². The van der Waals surface area contributed by atoms with Gasteiger partial charge in [-0.05, 0) is 32.2 Å². The highest BCUT2D eigenvalue weighted by Gasteiger charge is 2.22. The Kier molecular flexibility index (Phi) is 12.0. The second-order valence-electron chi connectivity index (χ2n) is 5.05. The van der Waals surface area contributed by atoms with Crippen molar-refractivity contribution in [3.8, 4) is 0 Å². The van der Waals surface area contributed by atoms with Crippen LogP contribution in [-0.2, 0) is 4.79 Å². The number of unbranched alkanes of at least 4 members (excludes halogenated alkanes) is 2. The first-order valence-electron chi connectivity index (χ1n) is 7.84. The van der Waals surface area contributed by atoms with Crippen LogP contribution in [0.4, 0.5) is 0 Å². The average Bonchev–Trinajstić information content (AvgIpc) is 2.43. The van der Waals surface area contributed by atoms with E-state index in [0.717, 1.165) is 51.7 Å².